The molecule has 0 aliphatic heterocycles. The second kappa shape index (κ2) is 8.58. The third-order valence-electron chi connectivity index (χ3n) is 4.88. The number of hydrogen-bond acceptors (Lipinski definition) is 5. The summed E-state index contributed by atoms with van der Waals surface area (Å²) >= 11 is 5.86. The van der Waals surface area contributed by atoms with E-state index in [4.69, 9.17) is 21.4 Å². The van der Waals surface area contributed by atoms with Crippen LogP contribution in [0.25, 0.3) is 16.8 Å². The number of fused-ring (bicyclic) bond motifs is 1. The third-order valence-corrected chi connectivity index (χ3v) is 5.12. The molecule has 0 saturated carbocycles. The quantitative estimate of drug-likeness (QED) is 0.353. The van der Waals surface area contributed by atoms with Crippen LogP contribution in [0, 0.1) is 12.7 Å². The minimum atomic E-state index is -5.02. The van der Waals surface area contributed by atoms with E-state index >= 15 is 4.39 Å². The van der Waals surface area contributed by atoms with Gasteiger partial charge in [-0.05, 0) is 42.7 Å². The van der Waals surface area contributed by atoms with Gasteiger partial charge in [0.25, 0.3) is 5.91 Å². The molecule has 0 aliphatic rings. The van der Waals surface area contributed by atoms with Crippen molar-refractivity contribution in [3.8, 4) is 11.3 Å². The van der Waals surface area contributed by atoms with Crippen molar-refractivity contribution >= 4 is 34.5 Å². The van der Waals surface area contributed by atoms with Gasteiger partial charge in [-0.3, -0.25) is 9.20 Å². The number of nitrogens with zero attached hydrogens (tertiary/aromatic N) is 3. The van der Waals surface area contributed by atoms with Gasteiger partial charge >= 0.3 is 6.18 Å². The minimum Gasteiger partial charge on any atom is -0.382 e. The maximum Gasteiger partial charge on any atom is 0.433 e. The van der Waals surface area contributed by atoms with Gasteiger partial charge in [0.05, 0.1) is 6.20 Å². The number of benzene rings is 2. The van der Waals surface area contributed by atoms with Crippen LogP contribution in [0.15, 0.2) is 48.7 Å². The van der Waals surface area contributed by atoms with Gasteiger partial charge in [0.15, 0.2) is 6.10 Å². The molecule has 4 aromatic rings. The number of nitrogen functional groups attached to an aromatic ring is 1. The molecule has 1 unspecified atom stereocenters. The number of alkyl halides is 3. The number of nitrogens with two attached hydrogens (primary N) is 1. The average Bonchev–Trinajstić information content (AvgIpc) is 3.19. The lowest BCUT2D eigenvalue weighted by Gasteiger charge is -2.13. The van der Waals surface area contributed by atoms with Crippen molar-refractivity contribution in [2.75, 3.05) is 11.1 Å². The Kier molecular flexibility index (Phi) is 4.98. The summed E-state index contributed by atoms with van der Waals surface area (Å²) in [4.78, 5) is 19.7. The van der Waals surface area contributed by atoms with Crippen molar-refractivity contribution in [2.45, 2.75) is 19.1 Å². The number of nitrogens with one attached hydrogen (secondary N) is 1. The fourth-order valence-electron chi connectivity index (χ4n) is 3.35. The Balaban J connectivity index is 1.77. The molecule has 0 saturated heterocycles. The number of hydrogen-bond donors (Lipinski definition) is 3. The van der Waals surface area contributed by atoms with Crippen molar-refractivity contribution in [3.05, 3.63) is 76.6 Å². The highest BCUT2D eigenvalue weighted by molar-refractivity contribution is 6.30. The fourth-order valence-corrected chi connectivity index (χ4v) is 3.55. The zero-order chi connectivity index (χ0) is 27.3. The average molecular weight is 497 g/mol. The van der Waals surface area contributed by atoms with E-state index in [0.717, 1.165) is 12.1 Å². The van der Waals surface area contributed by atoms with Crippen molar-refractivity contribution < 1.29 is 31.6 Å². The molecule has 4 rings (SSSR count). The van der Waals surface area contributed by atoms with Gasteiger partial charge in [0.2, 0.25) is 0 Å². The van der Waals surface area contributed by atoms with Crippen LogP contribution in [0.2, 0.25) is 5.02 Å². The zero-order valence-corrected chi connectivity index (χ0v) is 17.6. The minimum absolute atomic E-state index is 0.103. The Labute approximate surface area is 199 Å². The van der Waals surface area contributed by atoms with E-state index in [2.05, 4.69) is 15.3 Å². The molecule has 1 amide bonds. The van der Waals surface area contributed by atoms with Crippen molar-refractivity contribution in [2.24, 2.45) is 0 Å². The Morgan fingerprint density at radius 1 is 1.29 bits per heavy atom. The first-order chi connectivity index (χ1) is 17.2. The molecule has 0 bridgehead atoms. The molecular formula is C22H16ClF4N5O2. The number of amides is 1. The van der Waals surface area contributed by atoms with Crippen LogP contribution < -0.4 is 11.1 Å². The second-order valence-electron chi connectivity index (χ2n) is 7.14. The van der Waals surface area contributed by atoms with E-state index in [-0.39, 0.29) is 16.3 Å². The molecule has 0 radical (unpaired) electrons. The standard InChI is InChI=1S/C22H16ClF4N5O2/c1-10-30-17(18-20(28)29-9-16(32(10)18)22(25,26)27)14-6-5-13(8-15(14)24)31-21(34)19(33)11-3-2-4-12(23)7-11/h2-9,19,33H,1H3,(H2,28,29)(H,31,34)/i1D3. The number of carbonyl (C=O) groups excluding carboxylic acids is 1. The van der Waals surface area contributed by atoms with Gasteiger partial charge < -0.3 is 16.2 Å². The summed E-state index contributed by atoms with van der Waals surface area (Å²) in [6.07, 6.45) is -6.29. The van der Waals surface area contributed by atoms with Crippen LogP contribution in [0.1, 0.15) is 27.3 Å². The van der Waals surface area contributed by atoms with Crippen molar-refractivity contribution in [3.63, 3.8) is 0 Å². The van der Waals surface area contributed by atoms with Gasteiger partial charge in [-0.1, -0.05) is 23.7 Å². The Hall–Kier alpha value is -3.70. The van der Waals surface area contributed by atoms with E-state index in [1.807, 2.05) is 0 Å². The van der Waals surface area contributed by atoms with Crippen LogP contribution in [0.4, 0.5) is 29.1 Å². The first kappa shape index (κ1) is 19.7. The number of anilines is 2. The van der Waals surface area contributed by atoms with Crippen LogP contribution in [-0.4, -0.2) is 25.4 Å². The molecule has 1 atom stereocenters. The molecule has 4 N–H and O–H groups in total. The topological polar surface area (TPSA) is 106 Å². The molecular weight excluding hydrogens is 478 g/mol. The maximum absolute atomic E-state index is 15.2. The van der Waals surface area contributed by atoms with Crippen molar-refractivity contribution in [1.82, 2.24) is 14.4 Å². The predicted octanol–water partition coefficient (Wildman–Crippen LogP) is 4.77. The maximum atomic E-state index is 15.2. The summed E-state index contributed by atoms with van der Waals surface area (Å²) in [5, 5.41) is 12.8. The Morgan fingerprint density at radius 2 is 2.06 bits per heavy atom. The van der Waals surface area contributed by atoms with Gasteiger partial charge in [0.1, 0.15) is 34.4 Å². The van der Waals surface area contributed by atoms with E-state index in [9.17, 15) is 23.1 Å². The normalized spacial score (nSPS) is 14.4. The van der Waals surface area contributed by atoms with Gasteiger partial charge in [-0.15, -0.1) is 0 Å². The van der Waals surface area contributed by atoms with Crippen molar-refractivity contribution in [1.29, 1.82) is 0 Å². The lowest BCUT2D eigenvalue weighted by molar-refractivity contribution is -0.142. The zero-order valence-electron chi connectivity index (χ0n) is 19.9. The highest BCUT2D eigenvalue weighted by atomic mass is 35.5. The Morgan fingerprint density at radius 3 is 2.71 bits per heavy atom. The summed E-state index contributed by atoms with van der Waals surface area (Å²) in [6, 6.07) is 8.99. The Bertz CT molecular complexity index is 1520. The number of rotatable bonds is 4. The lowest BCUT2D eigenvalue weighted by Crippen LogP contribution is -2.20. The summed E-state index contributed by atoms with van der Waals surface area (Å²) in [5.74, 6) is -3.47. The van der Waals surface area contributed by atoms with E-state index < -0.39 is 65.0 Å². The number of carbonyl (C=O) groups is 1. The molecule has 0 spiro atoms. The molecule has 34 heavy (non-hydrogen) atoms. The third kappa shape index (κ3) is 4.27. The van der Waals surface area contributed by atoms with Crippen LogP contribution in [0.3, 0.4) is 0 Å². The number of aryl methyl sites for hydroxylation is 1. The summed E-state index contributed by atoms with van der Waals surface area (Å²) in [5.41, 5.74) is 2.96. The highest BCUT2D eigenvalue weighted by Crippen LogP contribution is 2.36. The lowest BCUT2D eigenvalue weighted by atomic mass is 10.1. The first-order valence-corrected chi connectivity index (χ1v) is 9.85. The number of aromatic nitrogens is 3. The van der Waals surface area contributed by atoms with E-state index in [1.165, 1.54) is 24.3 Å². The smallest absolute Gasteiger partial charge is 0.382 e. The molecule has 176 valence electrons. The monoisotopic (exact) mass is 496 g/mol. The molecule has 2 aromatic heterocycles. The number of halogens is 5. The second-order valence-corrected chi connectivity index (χ2v) is 7.57. The summed E-state index contributed by atoms with van der Waals surface area (Å²) in [6.45, 7) is -3.12. The number of aliphatic hydroxyl groups is 1. The molecule has 12 heteroatoms. The largest absolute Gasteiger partial charge is 0.433 e. The summed E-state index contributed by atoms with van der Waals surface area (Å²) in [7, 11) is 0. The SMILES string of the molecule is [2H]C([2H])([2H])c1nc(-c2ccc(NC(=O)C(O)c3cccc(Cl)c3)cc2F)c2c(N)ncc(C(F)(F)F)n12. The van der Waals surface area contributed by atoms with Gasteiger partial charge in [-0.25, -0.2) is 14.4 Å². The number of imidazole rings is 1. The molecule has 0 aliphatic carbocycles. The van der Waals surface area contributed by atoms with Gasteiger partial charge in [0, 0.05) is 20.4 Å². The first-order valence-electron chi connectivity index (χ1n) is 11.0. The van der Waals surface area contributed by atoms with E-state index in [0.29, 0.717) is 10.6 Å². The van der Waals surface area contributed by atoms with E-state index in [1.54, 1.807) is 6.07 Å². The molecule has 7 nitrogen and oxygen atoms in total. The molecule has 2 heterocycles. The predicted molar refractivity (Wildman–Crippen MR) is 118 cm³/mol. The molecule has 0 fully saturated rings. The van der Waals surface area contributed by atoms with Crippen LogP contribution >= 0.6 is 11.6 Å². The highest BCUT2D eigenvalue weighted by Gasteiger charge is 2.36. The summed E-state index contributed by atoms with van der Waals surface area (Å²) < 4.78 is 79.3. The molecule has 2 aromatic carbocycles. The number of aliphatic hydroxyl groups excluding tert-OH is 1. The van der Waals surface area contributed by atoms with Gasteiger partial charge in [-0.2, -0.15) is 13.2 Å². The van der Waals surface area contributed by atoms with Crippen LogP contribution in [-0.2, 0) is 11.0 Å². The fraction of sp³-hybridized carbons (Fsp3) is 0.136. The van der Waals surface area contributed by atoms with Crippen LogP contribution in [0.5, 0.6) is 0 Å².